The average molecular weight is 275 g/mol. The third kappa shape index (κ3) is 10.3. The minimum absolute atomic E-state index is 0.611. The number of hydrogen-bond donors (Lipinski definition) is 0. The topological polar surface area (TPSA) is 17.1 Å². The van der Waals surface area contributed by atoms with Crippen LogP contribution in [0.3, 0.4) is 0 Å². The second kappa shape index (κ2) is 27.5. The maximum absolute atomic E-state index is 8.28. The third-order valence-corrected chi connectivity index (χ3v) is 0. The van der Waals surface area contributed by atoms with Crippen molar-refractivity contribution >= 4 is 25.6 Å². The van der Waals surface area contributed by atoms with E-state index in [1.165, 1.54) is 0 Å². The van der Waals surface area contributed by atoms with Crippen molar-refractivity contribution in [3.8, 4) is 0 Å². The van der Waals surface area contributed by atoms with E-state index in [9.17, 15) is 0 Å². The summed E-state index contributed by atoms with van der Waals surface area (Å²) in [5.41, 5.74) is 0. The molecule has 0 spiro atoms. The molecule has 0 aliphatic heterocycles. The molecule has 0 amide bonds. The molecule has 0 rings (SSSR count). The second-order valence-electron chi connectivity index (χ2n) is 0. The molecule has 0 aromatic rings. The molecule has 1 nitrogen and oxygen atoms in total. The van der Waals surface area contributed by atoms with E-state index < -0.39 is 0 Å². The van der Waals surface area contributed by atoms with E-state index in [0.29, 0.717) is 16.2 Å². The van der Waals surface area contributed by atoms with Crippen LogP contribution in [0.5, 0.6) is 0 Å². The first kappa shape index (κ1) is 9.00. The second-order valence-corrected chi connectivity index (χ2v) is 0. The summed E-state index contributed by atoms with van der Waals surface area (Å²) in [7, 11) is 4.61. The van der Waals surface area contributed by atoms with Gasteiger partial charge in [-0.3, -0.25) is 0 Å². The molecule has 0 saturated heterocycles. The summed E-state index contributed by atoms with van der Waals surface area (Å²) < 4.78 is 8.28. The van der Waals surface area contributed by atoms with Crippen molar-refractivity contribution in [1.82, 2.24) is 0 Å². The molecule has 0 aliphatic carbocycles. The Morgan fingerprint density at radius 1 is 1.50 bits per heavy atom. The van der Waals surface area contributed by atoms with Crippen LogP contribution in [0.15, 0.2) is 0 Å². The zero-order valence-electron chi connectivity index (χ0n) is 1.81. The van der Waals surface area contributed by atoms with Crippen molar-refractivity contribution in [2.45, 2.75) is 0 Å². The van der Waals surface area contributed by atoms with Gasteiger partial charge in [0.25, 0.3) is 0 Å². The average Bonchev–Trinajstić information content (AvgIpc) is 1.50. The fourth-order valence-corrected chi connectivity index (χ4v) is 0. The Hall–Kier alpha value is 1.31. The fourth-order valence-electron chi connectivity index (χ4n) is 0. The van der Waals surface area contributed by atoms with Crippen LogP contribution in [0.25, 0.3) is 0 Å². The first-order valence-electron chi connectivity index (χ1n) is 0.408. The van der Waals surface area contributed by atoms with E-state index in [2.05, 4.69) is 9.42 Å². The van der Waals surface area contributed by atoms with E-state index in [4.69, 9.17) is 3.80 Å². The molecule has 0 N–H and O–H groups in total. The molecule has 4 heteroatoms. The Morgan fingerprint density at radius 2 is 1.50 bits per heavy atom. The number of hydrogen-bond acceptors (Lipinski definition) is 1. The molecule has 0 heterocycles. The van der Waals surface area contributed by atoms with Crippen molar-refractivity contribution in [3.63, 3.8) is 0 Å². The quantitative estimate of drug-likeness (QED) is 0.565. The van der Waals surface area contributed by atoms with Crippen molar-refractivity contribution in [3.05, 3.63) is 0 Å². The van der Waals surface area contributed by atoms with Crippen LogP contribution < -0.4 is 0 Å². The van der Waals surface area contributed by atoms with Crippen molar-refractivity contribution in [2.24, 2.45) is 0 Å². The van der Waals surface area contributed by atoms with Gasteiger partial charge in [0.1, 0.15) is 0 Å². The van der Waals surface area contributed by atoms with Gasteiger partial charge in [0.2, 0.25) is 0 Å². The van der Waals surface area contributed by atoms with E-state index >= 15 is 0 Å². The monoisotopic (exact) mass is 274 g/mol. The predicted molar refractivity (Wildman–Crippen MR) is 13.7 cm³/mol. The van der Waals surface area contributed by atoms with Crippen LogP contribution in [-0.2, 0) is 22.6 Å². The SMILES string of the molecule is [Cl][Pt].[O]=[AlH]. The summed E-state index contributed by atoms with van der Waals surface area (Å²) >= 11 is 2.22. The zero-order chi connectivity index (χ0) is 4.00. The van der Waals surface area contributed by atoms with Gasteiger partial charge in [-0.2, -0.15) is 0 Å². The first-order chi connectivity index (χ1) is 2.00. The molecule has 27 valence electrons. The number of rotatable bonds is 0. The van der Waals surface area contributed by atoms with Crippen molar-refractivity contribution in [1.29, 1.82) is 0 Å². The summed E-state index contributed by atoms with van der Waals surface area (Å²) in [6, 6.07) is 0. The summed E-state index contributed by atoms with van der Waals surface area (Å²) in [6.45, 7) is 0. The minimum atomic E-state index is 0.611. The maximum atomic E-state index is 8.28. The van der Waals surface area contributed by atoms with Gasteiger partial charge >= 0.3 is 48.2 Å². The molecular weight excluding hydrogens is 274 g/mol. The van der Waals surface area contributed by atoms with Gasteiger partial charge in [0.15, 0.2) is 0 Å². The molecule has 0 aromatic heterocycles. The summed E-state index contributed by atoms with van der Waals surface area (Å²) in [6.07, 6.45) is 0. The molecular formula is HAlClOPt. The van der Waals surface area contributed by atoms with Crippen LogP contribution >= 0.6 is 9.42 Å². The van der Waals surface area contributed by atoms with Gasteiger partial charge in [0.05, 0.1) is 0 Å². The summed E-state index contributed by atoms with van der Waals surface area (Å²) in [5, 5.41) is 0. The Balaban J connectivity index is 0. The third-order valence-electron chi connectivity index (χ3n) is 0. The van der Waals surface area contributed by atoms with Gasteiger partial charge in [0, 0.05) is 0 Å². The summed E-state index contributed by atoms with van der Waals surface area (Å²) in [5.74, 6) is 0. The molecule has 0 bridgehead atoms. The Labute approximate surface area is 48.2 Å². The zero-order valence-corrected chi connectivity index (χ0v) is 6.25. The van der Waals surface area contributed by atoms with Crippen LogP contribution in [0.4, 0.5) is 0 Å². The van der Waals surface area contributed by atoms with Gasteiger partial charge in [-0.1, -0.05) is 0 Å². The van der Waals surface area contributed by atoms with Gasteiger partial charge in [-0.15, -0.1) is 0 Å². The Morgan fingerprint density at radius 3 is 1.50 bits per heavy atom. The predicted octanol–water partition coefficient (Wildman–Crippen LogP) is -0.0803. The molecule has 0 unspecified atom stereocenters. The van der Waals surface area contributed by atoms with Crippen molar-refractivity contribution < 1.29 is 22.6 Å². The van der Waals surface area contributed by atoms with E-state index in [0.717, 1.165) is 0 Å². The number of halogens is 1. The van der Waals surface area contributed by atoms with Crippen LogP contribution in [0, 0.1) is 0 Å². The molecule has 0 aliphatic rings. The van der Waals surface area contributed by atoms with Gasteiger partial charge in [-0.25, -0.2) is 0 Å². The van der Waals surface area contributed by atoms with Crippen LogP contribution in [0.2, 0.25) is 0 Å². The van der Waals surface area contributed by atoms with E-state index in [1.54, 1.807) is 18.8 Å². The Kier molecular flexibility index (Phi) is 61.9. The molecule has 0 aromatic carbocycles. The molecule has 0 radical (unpaired) electrons. The molecule has 0 fully saturated rings. The van der Waals surface area contributed by atoms with Crippen LogP contribution in [0.1, 0.15) is 0 Å². The van der Waals surface area contributed by atoms with E-state index in [-0.39, 0.29) is 0 Å². The molecule has 0 saturated carbocycles. The molecule has 4 heavy (non-hydrogen) atoms. The van der Waals surface area contributed by atoms with Crippen LogP contribution in [-0.4, -0.2) is 16.2 Å². The van der Waals surface area contributed by atoms with Gasteiger partial charge in [-0.05, 0) is 0 Å². The Bertz CT molecular complexity index is 8.00. The normalized spacial score (nSPS) is 2.50. The van der Waals surface area contributed by atoms with Gasteiger partial charge < -0.3 is 0 Å². The standard InChI is InChI=1S/Al.ClH.O.Pt.H/h;1H;;;/q;;;+1;/p-1. The summed E-state index contributed by atoms with van der Waals surface area (Å²) in [4.78, 5) is 0. The van der Waals surface area contributed by atoms with E-state index in [1.807, 2.05) is 0 Å². The van der Waals surface area contributed by atoms with Crippen molar-refractivity contribution in [2.75, 3.05) is 0 Å². The molecule has 0 atom stereocenters. The first-order valence-corrected chi connectivity index (χ1v) is 3.80. The fraction of sp³-hybridized carbons (Fsp3) is 0.